The molecule has 0 aliphatic carbocycles. The molecule has 0 aromatic rings. The summed E-state index contributed by atoms with van der Waals surface area (Å²) in [7, 11) is 0. The third kappa shape index (κ3) is 5.60. The maximum absolute atomic E-state index is 11.6. The van der Waals surface area contributed by atoms with Crippen molar-refractivity contribution in [2.75, 3.05) is 19.6 Å². The molecule has 4 nitrogen and oxygen atoms in total. The number of nitrogens with one attached hydrogen (secondary N) is 1. The fraction of sp³-hybridized carbons (Fsp3) is 0.769. The Morgan fingerprint density at radius 1 is 1.47 bits per heavy atom. The lowest BCUT2D eigenvalue weighted by Crippen LogP contribution is -2.46. The Morgan fingerprint density at radius 2 is 2.06 bits per heavy atom. The smallest absolute Gasteiger partial charge is 0.407 e. The Labute approximate surface area is 104 Å². The molecule has 1 amide bonds. The number of piperidine rings is 1. The molecule has 0 radical (unpaired) electrons. The number of carbonyl (C=O) groups is 1. The summed E-state index contributed by atoms with van der Waals surface area (Å²) in [5, 5.41) is 2.90. The summed E-state index contributed by atoms with van der Waals surface area (Å²) in [6, 6.07) is 0.207. The summed E-state index contributed by atoms with van der Waals surface area (Å²) in [6.07, 6.45) is 6.80. The largest absolute Gasteiger partial charge is 0.444 e. The van der Waals surface area contributed by atoms with E-state index in [2.05, 4.69) is 16.1 Å². The molecule has 0 bridgehead atoms. The van der Waals surface area contributed by atoms with Gasteiger partial charge in [-0.3, -0.25) is 4.90 Å². The van der Waals surface area contributed by atoms with Crippen molar-refractivity contribution < 1.29 is 9.53 Å². The van der Waals surface area contributed by atoms with E-state index in [9.17, 15) is 4.79 Å². The molecule has 0 spiro atoms. The lowest BCUT2D eigenvalue weighted by Gasteiger charge is -2.31. The van der Waals surface area contributed by atoms with Gasteiger partial charge in [0.25, 0.3) is 0 Å². The molecule has 1 aliphatic rings. The number of likely N-dealkylation sites (tertiary alicyclic amines) is 1. The van der Waals surface area contributed by atoms with E-state index in [1.165, 1.54) is 0 Å². The minimum absolute atomic E-state index is 0.207. The van der Waals surface area contributed by atoms with Crippen molar-refractivity contribution in [2.45, 2.75) is 45.3 Å². The van der Waals surface area contributed by atoms with Crippen LogP contribution in [-0.4, -0.2) is 42.3 Å². The fourth-order valence-electron chi connectivity index (χ4n) is 1.84. The third-order valence-electron chi connectivity index (χ3n) is 2.62. The molecule has 1 aliphatic heterocycles. The molecule has 1 rings (SSSR count). The van der Waals surface area contributed by atoms with Crippen LogP contribution in [0.15, 0.2) is 0 Å². The summed E-state index contributed by atoms with van der Waals surface area (Å²) >= 11 is 0. The van der Waals surface area contributed by atoms with E-state index >= 15 is 0 Å². The van der Waals surface area contributed by atoms with Crippen molar-refractivity contribution in [1.29, 1.82) is 0 Å². The molecule has 1 saturated heterocycles. The number of rotatable bonds is 2. The zero-order chi connectivity index (χ0) is 12.9. The molecule has 1 fully saturated rings. The van der Waals surface area contributed by atoms with Gasteiger partial charge >= 0.3 is 6.09 Å². The average Bonchev–Trinajstić information content (AvgIpc) is 2.18. The molecule has 0 aromatic carbocycles. The number of hydrogen-bond donors (Lipinski definition) is 1. The van der Waals surface area contributed by atoms with Gasteiger partial charge in [-0.05, 0) is 33.6 Å². The highest BCUT2D eigenvalue weighted by Gasteiger charge is 2.22. The first-order valence-corrected chi connectivity index (χ1v) is 6.06. The molecule has 0 aromatic heterocycles. The van der Waals surface area contributed by atoms with Crippen LogP contribution in [0.1, 0.15) is 33.6 Å². The van der Waals surface area contributed by atoms with Gasteiger partial charge in [-0.15, -0.1) is 6.42 Å². The van der Waals surface area contributed by atoms with Crippen molar-refractivity contribution in [3.8, 4) is 12.3 Å². The van der Waals surface area contributed by atoms with E-state index < -0.39 is 5.60 Å². The highest BCUT2D eigenvalue weighted by molar-refractivity contribution is 5.68. The van der Waals surface area contributed by atoms with E-state index in [4.69, 9.17) is 11.2 Å². The summed E-state index contributed by atoms with van der Waals surface area (Å²) in [6.45, 7) is 8.15. The quantitative estimate of drug-likeness (QED) is 0.743. The monoisotopic (exact) mass is 238 g/mol. The highest BCUT2D eigenvalue weighted by Crippen LogP contribution is 2.11. The van der Waals surface area contributed by atoms with Gasteiger partial charge in [0.2, 0.25) is 0 Å². The highest BCUT2D eigenvalue weighted by atomic mass is 16.6. The van der Waals surface area contributed by atoms with Crippen LogP contribution in [-0.2, 0) is 4.74 Å². The normalized spacial score (nSPS) is 18.5. The Balaban J connectivity index is 2.27. The maximum atomic E-state index is 11.6. The van der Waals surface area contributed by atoms with Gasteiger partial charge in [-0.2, -0.15) is 0 Å². The minimum Gasteiger partial charge on any atom is -0.444 e. The molecule has 0 atom stereocenters. The second-order valence-electron chi connectivity index (χ2n) is 5.40. The molecule has 0 saturated carbocycles. The second-order valence-corrected chi connectivity index (χ2v) is 5.40. The van der Waals surface area contributed by atoms with E-state index in [1.54, 1.807) is 0 Å². The van der Waals surface area contributed by atoms with Crippen LogP contribution in [0.3, 0.4) is 0 Å². The summed E-state index contributed by atoms with van der Waals surface area (Å²) in [5.41, 5.74) is -0.436. The Bertz CT molecular complexity index is 294. The van der Waals surface area contributed by atoms with Crippen LogP contribution in [0.5, 0.6) is 0 Å². The van der Waals surface area contributed by atoms with Gasteiger partial charge in [0, 0.05) is 19.1 Å². The average molecular weight is 238 g/mol. The van der Waals surface area contributed by atoms with E-state index in [0.29, 0.717) is 6.54 Å². The summed E-state index contributed by atoms with van der Waals surface area (Å²) in [4.78, 5) is 13.8. The Kier molecular flexibility index (Phi) is 4.83. The third-order valence-corrected chi connectivity index (χ3v) is 2.62. The lowest BCUT2D eigenvalue weighted by molar-refractivity contribution is 0.0481. The molecule has 96 valence electrons. The van der Waals surface area contributed by atoms with Gasteiger partial charge < -0.3 is 10.1 Å². The molecular formula is C13H22N2O2. The van der Waals surface area contributed by atoms with Crippen molar-refractivity contribution in [2.24, 2.45) is 0 Å². The minimum atomic E-state index is -0.436. The number of ether oxygens (including phenoxy) is 1. The molecule has 4 heteroatoms. The maximum Gasteiger partial charge on any atom is 0.407 e. The van der Waals surface area contributed by atoms with Crippen molar-refractivity contribution >= 4 is 6.09 Å². The van der Waals surface area contributed by atoms with Crippen LogP contribution in [0, 0.1) is 12.3 Å². The van der Waals surface area contributed by atoms with Crippen molar-refractivity contribution in [3.05, 3.63) is 0 Å². The predicted molar refractivity (Wildman–Crippen MR) is 67.7 cm³/mol. The predicted octanol–water partition coefficient (Wildman–Crippen LogP) is 1.61. The number of hydrogen-bond acceptors (Lipinski definition) is 3. The van der Waals surface area contributed by atoms with Gasteiger partial charge in [0.15, 0.2) is 0 Å². The molecule has 0 unspecified atom stereocenters. The zero-order valence-corrected chi connectivity index (χ0v) is 11.0. The van der Waals surface area contributed by atoms with Crippen LogP contribution in [0.25, 0.3) is 0 Å². The lowest BCUT2D eigenvalue weighted by atomic mass is 10.1. The topological polar surface area (TPSA) is 41.6 Å². The Morgan fingerprint density at radius 3 is 2.53 bits per heavy atom. The summed E-state index contributed by atoms with van der Waals surface area (Å²) in [5.74, 6) is 2.64. The number of terminal acetylenes is 1. The van der Waals surface area contributed by atoms with Crippen LogP contribution < -0.4 is 5.32 Å². The van der Waals surface area contributed by atoms with Gasteiger partial charge in [0.1, 0.15) is 5.60 Å². The standard InChI is InChI=1S/C13H22N2O2/c1-5-8-15-9-6-11(7-10-15)14-12(16)17-13(2,3)4/h1,11H,6-10H2,2-4H3,(H,14,16). The number of nitrogens with zero attached hydrogens (tertiary/aromatic N) is 1. The van der Waals surface area contributed by atoms with Gasteiger partial charge in [0.05, 0.1) is 6.54 Å². The zero-order valence-electron chi connectivity index (χ0n) is 11.0. The van der Waals surface area contributed by atoms with E-state index in [-0.39, 0.29) is 12.1 Å². The molecular weight excluding hydrogens is 216 g/mol. The van der Waals surface area contributed by atoms with Crippen molar-refractivity contribution in [1.82, 2.24) is 10.2 Å². The molecule has 1 N–H and O–H groups in total. The van der Waals surface area contributed by atoms with E-state index in [1.807, 2.05) is 20.8 Å². The van der Waals surface area contributed by atoms with E-state index in [0.717, 1.165) is 25.9 Å². The van der Waals surface area contributed by atoms with Crippen LogP contribution in [0.4, 0.5) is 4.79 Å². The van der Waals surface area contributed by atoms with Gasteiger partial charge in [-0.1, -0.05) is 5.92 Å². The first-order valence-electron chi connectivity index (χ1n) is 6.06. The molecule has 17 heavy (non-hydrogen) atoms. The number of amides is 1. The SMILES string of the molecule is C#CCN1CCC(NC(=O)OC(C)(C)C)CC1. The fourth-order valence-corrected chi connectivity index (χ4v) is 1.84. The van der Waals surface area contributed by atoms with Gasteiger partial charge in [-0.25, -0.2) is 4.79 Å². The number of alkyl carbamates (subject to hydrolysis) is 1. The molecule has 1 heterocycles. The number of carbonyl (C=O) groups excluding carboxylic acids is 1. The summed E-state index contributed by atoms with van der Waals surface area (Å²) < 4.78 is 5.22. The Hall–Kier alpha value is -1.21. The first kappa shape index (κ1) is 13.9. The second kappa shape index (κ2) is 5.92. The van der Waals surface area contributed by atoms with Crippen molar-refractivity contribution in [3.63, 3.8) is 0 Å². The first-order chi connectivity index (χ1) is 7.90. The van der Waals surface area contributed by atoms with Crippen LogP contribution in [0.2, 0.25) is 0 Å². The van der Waals surface area contributed by atoms with Crippen LogP contribution >= 0.6 is 0 Å².